The van der Waals surface area contributed by atoms with Gasteiger partial charge in [-0.25, -0.2) is 5.48 Å². The topological polar surface area (TPSA) is 111 Å². The maximum absolute atomic E-state index is 12.8. The number of thiophene rings is 1. The van der Waals surface area contributed by atoms with Crippen LogP contribution >= 0.6 is 11.3 Å². The fraction of sp³-hybridized carbons (Fsp3) is 0.0800. The van der Waals surface area contributed by atoms with Crippen molar-refractivity contribution in [3.05, 3.63) is 89.8 Å². The number of para-hydroxylation sites is 2. The summed E-state index contributed by atoms with van der Waals surface area (Å²) in [6.07, 6.45) is 0. The maximum atomic E-state index is 12.8. The third-order valence-electron chi connectivity index (χ3n) is 4.98. The zero-order valence-electron chi connectivity index (χ0n) is 18.0. The number of hydroxylamine groups is 1. The Morgan fingerprint density at radius 1 is 0.765 bits per heavy atom. The van der Waals surface area contributed by atoms with Crippen LogP contribution in [0, 0.1) is 0 Å². The summed E-state index contributed by atoms with van der Waals surface area (Å²) in [5.74, 6) is -1.14. The number of fused-ring (bicyclic) bond motifs is 1. The summed E-state index contributed by atoms with van der Waals surface area (Å²) >= 11 is 1.20. The lowest BCUT2D eigenvalue weighted by atomic mass is 10.2. The van der Waals surface area contributed by atoms with Crippen molar-refractivity contribution in [3.8, 4) is 0 Å². The molecule has 9 heteroatoms. The minimum absolute atomic E-state index is 0.0576. The van der Waals surface area contributed by atoms with Gasteiger partial charge in [0.2, 0.25) is 11.8 Å². The summed E-state index contributed by atoms with van der Waals surface area (Å²) < 4.78 is 0.785. The van der Waals surface area contributed by atoms with Crippen LogP contribution in [0.15, 0.2) is 84.9 Å². The highest BCUT2D eigenvalue weighted by molar-refractivity contribution is 7.20. The molecule has 4 rings (SSSR count). The Hall–Kier alpha value is -4.21. The molecule has 0 spiro atoms. The average Bonchev–Trinajstić information content (AvgIpc) is 3.28. The van der Waals surface area contributed by atoms with Crippen molar-refractivity contribution in [1.29, 1.82) is 0 Å². The lowest BCUT2D eigenvalue weighted by molar-refractivity contribution is -0.115. The molecule has 1 heterocycles. The van der Waals surface area contributed by atoms with E-state index in [1.165, 1.54) is 11.3 Å². The first-order valence-electron chi connectivity index (χ1n) is 10.4. The molecule has 0 bridgehead atoms. The van der Waals surface area contributed by atoms with E-state index < -0.39 is 5.91 Å². The lowest BCUT2D eigenvalue weighted by Crippen LogP contribution is -2.39. The van der Waals surface area contributed by atoms with E-state index in [-0.39, 0.29) is 24.9 Å². The number of carbonyl (C=O) groups excluding carboxylic acids is 3. The Bertz CT molecular complexity index is 1250. The summed E-state index contributed by atoms with van der Waals surface area (Å²) in [6, 6.07) is 25.3. The van der Waals surface area contributed by atoms with Gasteiger partial charge in [0.25, 0.3) is 5.91 Å². The van der Waals surface area contributed by atoms with Gasteiger partial charge in [-0.1, -0.05) is 42.5 Å². The maximum Gasteiger partial charge on any atom is 0.284 e. The van der Waals surface area contributed by atoms with Crippen LogP contribution in [-0.2, 0) is 9.59 Å². The van der Waals surface area contributed by atoms with Crippen LogP contribution in [0.3, 0.4) is 0 Å². The highest BCUT2D eigenvalue weighted by atomic mass is 32.1. The van der Waals surface area contributed by atoms with Crippen molar-refractivity contribution in [3.63, 3.8) is 0 Å². The van der Waals surface area contributed by atoms with E-state index in [0.717, 1.165) is 10.1 Å². The fourth-order valence-electron chi connectivity index (χ4n) is 3.41. The summed E-state index contributed by atoms with van der Waals surface area (Å²) in [6.45, 7) is -0.115. The van der Waals surface area contributed by atoms with Crippen molar-refractivity contribution in [1.82, 2.24) is 5.48 Å². The van der Waals surface area contributed by atoms with Gasteiger partial charge in [-0.05, 0) is 47.9 Å². The standard InChI is InChI=1S/C25H22N4O4S/c30-23(26-18-7-3-1-4-8-18)15-29(16-24(31)27-19-9-5-2-6-10-19)20-12-11-17-13-22(25(32)28-33)34-21(17)14-20/h1-14,33H,15-16H2,(H,26,30)(H,27,31)(H,28,32). The summed E-state index contributed by atoms with van der Waals surface area (Å²) in [5, 5.41) is 15.4. The van der Waals surface area contributed by atoms with Gasteiger partial charge in [-0.15, -0.1) is 11.3 Å². The molecular weight excluding hydrogens is 452 g/mol. The number of carbonyl (C=O) groups is 3. The van der Waals surface area contributed by atoms with Gasteiger partial charge in [0.05, 0.1) is 18.0 Å². The Kier molecular flexibility index (Phi) is 7.16. The van der Waals surface area contributed by atoms with Crippen LogP contribution in [0.2, 0.25) is 0 Å². The van der Waals surface area contributed by atoms with Gasteiger partial charge in [-0.3, -0.25) is 19.6 Å². The minimum atomic E-state index is -0.593. The molecule has 0 saturated carbocycles. The van der Waals surface area contributed by atoms with Gasteiger partial charge in [0.1, 0.15) is 0 Å². The first-order chi connectivity index (χ1) is 16.5. The molecule has 0 radical (unpaired) electrons. The lowest BCUT2D eigenvalue weighted by Gasteiger charge is -2.24. The smallest absolute Gasteiger partial charge is 0.284 e. The van der Waals surface area contributed by atoms with Crippen molar-refractivity contribution in [2.75, 3.05) is 28.6 Å². The van der Waals surface area contributed by atoms with E-state index >= 15 is 0 Å². The average molecular weight is 475 g/mol. The molecule has 3 aromatic carbocycles. The second-order valence-electron chi connectivity index (χ2n) is 7.46. The molecule has 3 amide bonds. The Balaban J connectivity index is 1.57. The van der Waals surface area contributed by atoms with Crippen LogP contribution in [0.5, 0.6) is 0 Å². The third kappa shape index (κ3) is 5.77. The fourth-order valence-corrected chi connectivity index (χ4v) is 4.40. The number of rotatable bonds is 8. The summed E-state index contributed by atoms with van der Waals surface area (Å²) in [5.41, 5.74) is 3.61. The van der Waals surface area contributed by atoms with Crippen molar-refractivity contribution in [2.45, 2.75) is 0 Å². The molecule has 4 N–H and O–H groups in total. The largest absolute Gasteiger partial charge is 0.353 e. The number of benzene rings is 3. The van der Waals surface area contributed by atoms with Gasteiger partial charge < -0.3 is 15.5 Å². The molecule has 0 aliphatic carbocycles. The summed E-state index contributed by atoms with van der Waals surface area (Å²) in [4.78, 5) is 39.3. The number of hydrogen-bond acceptors (Lipinski definition) is 6. The van der Waals surface area contributed by atoms with Crippen molar-refractivity contribution < 1.29 is 19.6 Å². The van der Waals surface area contributed by atoms with E-state index in [1.54, 1.807) is 46.8 Å². The normalized spacial score (nSPS) is 10.5. The molecule has 0 saturated heterocycles. The van der Waals surface area contributed by atoms with Gasteiger partial charge in [-0.2, -0.15) is 0 Å². The van der Waals surface area contributed by atoms with Gasteiger partial charge in [0, 0.05) is 21.8 Å². The highest BCUT2D eigenvalue weighted by Gasteiger charge is 2.18. The molecule has 0 aliphatic rings. The number of amides is 3. The number of hydrogen-bond donors (Lipinski definition) is 4. The Labute approximate surface area is 199 Å². The molecular formula is C25H22N4O4S. The predicted molar refractivity (Wildman–Crippen MR) is 133 cm³/mol. The van der Waals surface area contributed by atoms with E-state index in [9.17, 15) is 14.4 Å². The van der Waals surface area contributed by atoms with Crippen LogP contribution in [0.4, 0.5) is 17.1 Å². The first-order valence-corrected chi connectivity index (χ1v) is 11.3. The van der Waals surface area contributed by atoms with Crippen LogP contribution in [-0.4, -0.2) is 36.0 Å². The molecule has 0 aliphatic heterocycles. The monoisotopic (exact) mass is 474 g/mol. The van der Waals surface area contributed by atoms with Crippen molar-refractivity contribution >= 4 is 56.2 Å². The number of anilines is 3. The second-order valence-corrected chi connectivity index (χ2v) is 8.54. The molecule has 8 nitrogen and oxygen atoms in total. The van der Waals surface area contributed by atoms with Crippen LogP contribution < -0.4 is 21.0 Å². The van der Waals surface area contributed by atoms with E-state index in [4.69, 9.17) is 5.21 Å². The minimum Gasteiger partial charge on any atom is -0.353 e. The Morgan fingerprint density at radius 3 is 1.85 bits per heavy atom. The van der Waals surface area contributed by atoms with Crippen LogP contribution in [0.25, 0.3) is 10.1 Å². The highest BCUT2D eigenvalue weighted by Crippen LogP contribution is 2.30. The number of nitrogens with zero attached hydrogens (tertiary/aromatic N) is 1. The molecule has 1 aromatic heterocycles. The molecule has 34 heavy (non-hydrogen) atoms. The zero-order chi connectivity index (χ0) is 23.9. The molecule has 0 atom stereocenters. The first kappa shape index (κ1) is 23.0. The Morgan fingerprint density at radius 2 is 1.32 bits per heavy atom. The number of nitrogens with one attached hydrogen (secondary N) is 3. The van der Waals surface area contributed by atoms with Crippen molar-refractivity contribution in [2.24, 2.45) is 0 Å². The zero-order valence-corrected chi connectivity index (χ0v) is 18.8. The molecule has 172 valence electrons. The van der Waals surface area contributed by atoms with Gasteiger partial charge >= 0.3 is 0 Å². The van der Waals surface area contributed by atoms with E-state index in [0.29, 0.717) is 21.9 Å². The second kappa shape index (κ2) is 10.6. The quantitative estimate of drug-likeness (QED) is 0.227. The van der Waals surface area contributed by atoms with Crippen LogP contribution in [0.1, 0.15) is 9.67 Å². The predicted octanol–water partition coefficient (Wildman–Crippen LogP) is 4.10. The van der Waals surface area contributed by atoms with E-state index in [1.807, 2.05) is 48.5 Å². The van der Waals surface area contributed by atoms with Gasteiger partial charge in [0.15, 0.2) is 0 Å². The molecule has 0 fully saturated rings. The molecule has 4 aromatic rings. The third-order valence-corrected chi connectivity index (χ3v) is 6.07. The van der Waals surface area contributed by atoms with E-state index in [2.05, 4.69) is 10.6 Å². The molecule has 0 unspecified atom stereocenters. The SMILES string of the molecule is O=C(CN(CC(=O)Nc1ccccc1)c1ccc2cc(C(=O)NO)sc2c1)Nc1ccccc1. The summed E-state index contributed by atoms with van der Waals surface area (Å²) in [7, 11) is 0.